The Morgan fingerprint density at radius 2 is 1.52 bits per heavy atom. The number of nitrogens with one attached hydrogen (secondary N) is 1. The molecule has 0 saturated heterocycles. The van der Waals surface area contributed by atoms with Gasteiger partial charge < -0.3 is 32.7 Å². The van der Waals surface area contributed by atoms with Crippen molar-refractivity contribution in [1.29, 1.82) is 0 Å². The van der Waals surface area contributed by atoms with E-state index in [0.717, 1.165) is 22.4 Å². The molecule has 6 nitrogen and oxygen atoms in total. The van der Waals surface area contributed by atoms with Gasteiger partial charge in [-0.25, -0.2) is 0 Å². The van der Waals surface area contributed by atoms with Crippen molar-refractivity contribution in [3.05, 3.63) is 47.0 Å². The third-order valence-corrected chi connectivity index (χ3v) is 3.84. The van der Waals surface area contributed by atoms with Gasteiger partial charge in [0.25, 0.3) is 0 Å². The van der Waals surface area contributed by atoms with E-state index in [9.17, 15) is 5.11 Å². The molecule has 0 saturated carbocycles. The molecule has 0 aromatic heterocycles. The van der Waals surface area contributed by atoms with Gasteiger partial charge in [0.1, 0.15) is 0 Å². The fourth-order valence-electron chi connectivity index (χ4n) is 2.61. The van der Waals surface area contributed by atoms with Gasteiger partial charge in [0.15, 0.2) is 0 Å². The van der Waals surface area contributed by atoms with E-state index in [1.54, 1.807) is 6.07 Å². The lowest BCUT2D eigenvalue weighted by atomic mass is 9.95. The third-order valence-electron chi connectivity index (χ3n) is 3.84. The molecule has 2 aromatic rings. The number of anilines is 4. The van der Waals surface area contributed by atoms with E-state index in [4.69, 9.17) is 22.3 Å². The van der Waals surface area contributed by atoms with Crippen molar-refractivity contribution < 1.29 is 10.2 Å². The smallest absolute Gasteiger partial charge is 0.0472 e. The van der Waals surface area contributed by atoms with Gasteiger partial charge in [-0.3, -0.25) is 0 Å². The molecule has 0 radical (unpaired) electrons. The van der Waals surface area contributed by atoms with Crippen LogP contribution in [0.2, 0.25) is 0 Å². The summed E-state index contributed by atoms with van der Waals surface area (Å²) in [6.45, 7) is 0.487. The minimum Gasteiger partial charge on any atom is -0.399 e. The van der Waals surface area contributed by atoms with Crippen LogP contribution in [-0.2, 0) is 19.4 Å². The molecule has 0 aliphatic rings. The summed E-state index contributed by atoms with van der Waals surface area (Å²) in [4.78, 5) is 0. The second-order valence-corrected chi connectivity index (χ2v) is 5.42. The van der Waals surface area contributed by atoms with Crippen LogP contribution >= 0.6 is 0 Å². The summed E-state index contributed by atoms with van der Waals surface area (Å²) < 4.78 is 0. The molecule has 6 heteroatoms. The molecule has 0 atom stereocenters. The van der Waals surface area contributed by atoms with Crippen molar-refractivity contribution in [3.63, 3.8) is 0 Å². The number of aliphatic hydroxyl groups excluding tert-OH is 2. The predicted octanol–water partition coefficient (Wildman–Crippen LogP) is 1.11. The molecule has 9 N–H and O–H groups in total. The maximum atomic E-state index is 9.32. The molecule has 0 fully saturated rings. The van der Waals surface area contributed by atoms with Crippen LogP contribution in [0.1, 0.15) is 16.7 Å². The molecule has 23 heavy (non-hydrogen) atoms. The third kappa shape index (κ3) is 4.06. The second kappa shape index (κ2) is 7.71. The van der Waals surface area contributed by atoms with Crippen LogP contribution in [0.15, 0.2) is 30.3 Å². The highest BCUT2D eigenvalue weighted by Crippen LogP contribution is 2.29. The van der Waals surface area contributed by atoms with Crippen LogP contribution in [0.3, 0.4) is 0 Å². The Labute approximate surface area is 135 Å². The van der Waals surface area contributed by atoms with Gasteiger partial charge in [-0.2, -0.15) is 0 Å². The minimum atomic E-state index is -0.0128. The molecule has 0 bridgehead atoms. The quantitative estimate of drug-likeness (QED) is 0.424. The van der Waals surface area contributed by atoms with E-state index < -0.39 is 0 Å². The summed E-state index contributed by atoms with van der Waals surface area (Å²) in [6, 6.07) is 9.21. The average Bonchev–Trinajstić information content (AvgIpc) is 2.53. The Kier molecular flexibility index (Phi) is 5.67. The first-order valence-electron chi connectivity index (χ1n) is 7.56. The van der Waals surface area contributed by atoms with E-state index in [1.165, 1.54) is 0 Å². The number of nitrogen functional groups attached to an aromatic ring is 3. The van der Waals surface area contributed by atoms with Gasteiger partial charge in [0.2, 0.25) is 0 Å². The Morgan fingerprint density at radius 3 is 2.13 bits per heavy atom. The first kappa shape index (κ1) is 16.9. The zero-order valence-electron chi connectivity index (χ0n) is 13.0. The van der Waals surface area contributed by atoms with E-state index in [2.05, 4.69) is 5.32 Å². The largest absolute Gasteiger partial charge is 0.399 e. The number of rotatable bonds is 7. The first-order valence-corrected chi connectivity index (χ1v) is 7.56. The highest BCUT2D eigenvalue weighted by Gasteiger charge is 2.14. The van der Waals surface area contributed by atoms with Crippen molar-refractivity contribution in [1.82, 2.24) is 0 Å². The fraction of sp³-hybridized carbons (Fsp3) is 0.294. The summed E-state index contributed by atoms with van der Waals surface area (Å²) in [7, 11) is 0. The Hall–Kier alpha value is -2.44. The van der Waals surface area contributed by atoms with Crippen LogP contribution in [0.4, 0.5) is 22.7 Å². The van der Waals surface area contributed by atoms with Crippen molar-refractivity contribution in [2.75, 3.05) is 35.7 Å². The Bertz CT molecular complexity index is 657. The average molecular weight is 316 g/mol. The zero-order valence-corrected chi connectivity index (χ0v) is 13.0. The van der Waals surface area contributed by atoms with Crippen LogP contribution in [0, 0.1) is 0 Å². The Morgan fingerprint density at radius 1 is 0.870 bits per heavy atom. The van der Waals surface area contributed by atoms with Crippen molar-refractivity contribution in [2.24, 2.45) is 0 Å². The number of hydrogen-bond donors (Lipinski definition) is 6. The highest BCUT2D eigenvalue weighted by atomic mass is 16.3. The van der Waals surface area contributed by atoms with E-state index >= 15 is 0 Å². The maximum absolute atomic E-state index is 9.32. The molecule has 0 aliphatic carbocycles. The molecule has 0 amide bonds. The van der Waals surface area contributed by atoms with Crippen LogP contribution in [0.5, 0.6) is 0 Å². The lowest BCUT2D eigenvalue weighted by Crippen LogP contribution is -2.13. The van der Waals surface area contributed by atoms with E-state index in [0.29, 0.717) is 36.4 Å². The normalized spacial score (nSPS) is 10.7. The molecule has 2 rings (SSSR count). The summed E-state index contributed by atoms with van der Waals surface area (Å²) in [5, 5.41) is 21.7. The molecular formula is C17H24N4O2. The minimum absolute atomic E-state index is 0.00520. The predicted molar refractivity (Wildman–Crippen MR) is 95.0 cm³/mol. The zero-order chi connectivity index (χ0) is 16.8. The first-order chi connectivity index (χ1) is 11.1. The summed E-state index contributed by atoms with van der Waals surface area (Å²) >= 11 is 0. The van der Waals surface area contributed by atoms with Gasteiger partial charge in [0, 0.05) is 42.5 Å². The van der Waals surface area contributed by atoms with Crippen LogP contribution < -0.4 is 22.5 Å². The van der Waals surface area contributed by atoms with Crippen LogP contribution in [0.25, 0.3) is 0 Å². The highest BCUT2D eigenvalue weighted by molar-refractivity contribution is 5.67. The summed E-state index contributed by atoms with van der Waals surface area (Å²) in [6.07, 6.45) is 0.869. The molecule has 2 aromatic carbocycles. The number of nitrogens with two attached hydrogens (primary N) is 3. The maximum Gasteiger partial charge on any atom is 0.0472 e. The van der Waals surface area contributed by atoms with Crippen molar-refractivity contribution in [2.45, 2.75) is 19.4 Å². The number of hydrogen-bond acceptors (Lipinski definition) is 6. The standard InChI is InChI=1S/C17H24N4O2/c18-12-1-3-13(4-2-12)21-10-15-14(6-8-23)17(20)11(5-7-22)9-16(15)19/h1-4,9,21-23H,5-8,10,18-20H2. The van der Waals surface area contributed by atoms with Crippen molar-refractivity contribution >= 4 is 22.7 Å². The number of benzene rings is 2. The van der Waals surface area contributed by atoms with E-state index in [1.807, 2.05) is 24.3 Å². The second-order valence-electron chi connectivity index (χ2n) is 5.42. The summed E-state index contributed by atoms with van der Waals surface area (Å²) in [5.74, 6) is 0. The molecule has 124 valence electrons. The molecule has 0 heterocycles. The van der Waals surface area contributed by atoms with Crippen LogP contribution in [-0.4, -0.2) is 23.4 Å². The van der Waals surface area contributed by atoms with Crippen molar-refractivity contribution in [3.8, 4) is 0 Å². The van der Waals surface area contributed by atoms with Gasteiger partial charge in [-0.1, -0.05) is 0 Å². The molecular weight excluding hydrogens is 292 g/mol. The fourth-order valence-corrected chi connectivity index (χ4v) is 2.61. The van der Waals surface area contributed by atoms with Gasteiger partial charge >= 0.3 is 0 Å². The van der Waals surface area contributed by atoms with Gasteiger partial charge in [0.05, 0.1) is 0 Å². The molecule has 0 unspecified atom stereocenters. The topological polar surface area (TPSA) is 131 Å². The molecule has 0 spiro atoms. The SMILES string of the molecule is Nc1ccc(NCc2c(N)cc(CCO)c(N)c2CCO)cc1. The van der Waals surface area contributed by atoms with Gasteiger partial charge in [-0.05, 0) is 59.9 Å². The number of aliphatic hydroxyl groups is 2. The summed E-state index contributed by atoms with van der Waals surface area (Å²) in [5.41, 5.74) is 23.4. The van der Waals surface area contributed by atoms with E-state index in [-0.39, 0.29) is 13.2 Å². The lowest BCUT2D eigenvalue weighted by molar-refractivity contribution is 0.298. The lowest BCUT2D eigenvalue weighted by Gasteiger charge is -2.19. The Balaban J connectivity index is 2.28. The molecule has 0 aliphatic heterocycles. The monoisotopic (exact) mass is 316 g/mol. The van der Waals surface area contributed by atoms with Gasteiger partial charge in [-0.15, -0.1) is 0 Å².